The van der Waals surface area contributed by atoms with Crippen LogP contribution in [0.25, 0.3) is 0 Å². The standard InChI is InChI=1S/C12H11Cl2N3O2S/c1-7-16-17-12(20-7)15-10(18)5-6-19-9-4-2-3-8(13)11(9)14/h2-4H,5-6H2,1H3,(H,15,17,18). The van der Waals surface area contributed by atoms with Gasteiger partial charge in [0.2, 0.25) is 11.0 Å². The summed E-state index contributed by atoms with van der Waals surface area (Å²) in [4.78, 5) is 11.7. The lowest BCUT2D eigenvalue weighted by molar-refractivity contribution is -0.116. The molecule has 0 saturated carbocycles. The first kappa shape index (κ1) is 15.0. The van der Waals surface area contributed by atoms with Crippen LogP contribution in [0.3, 0.4) is 0 Å². The van der Waals surface area contributed by atoms with Crippen LogP contribution in [0, 0.1) is 6.92 Å². The van der Waals surface area contributed by atoms with Crippen LogP contribution in [-0.2, 0) is 4.79 Å². The lowest BCUT2D eigenvalue weighted by Gasteiger charge is -2.08. The first-order valence-corrected chi connectivity index (χ1v) is 7.30. The number of aryl methyl sites for hydroxylation is 1. The van der Waals surface area contributed by atoms with E-state index in [4.69, 9.17) is 27.9 Å². The van der Waals surface area contributed by atoms with E-state index >= 15 is 0 Å². The third-order valence-corrected chi connectivity index (χ3v) is 3.83. The van der Waals surface area contributed by atoms with Crippen LogP contribution >= 0.6 is 34.5 Å². The number of aromatic nitrogens is 2. The SMILES string of the molecule is Cc1nnc(NC(=O)CCOc2cccc(Cl)c2Cl)s1. The predicted molar refractivity (Wildman–Crippen MR) is 79.8 cm³/mol. The monoisotopic (exact) mass is 331 g/mol. The third-order valence-electron chi connectivity index (χ3n) is 2.28. The quantitative estimate of drug-likeness (QED) is 0.909. The second kappa shape index (κ2) is 6.88. The molecule has 1 N–H and O–H groups in total. The molecule has 0 fully saturated rings. The first-order valence-electron chi connectivity index (χ1n) is 5.73. The van der Waals surface area contributed by atoms with E-state index in [-0.39, 0.29) is 18.9 Å². The molecule has 1 amide bonds. The molecule has 0 aliphatic carbocycles. The number of hydrogen-bond acceptors (Lipinski definition) is 5. The van der Waals surface area contributed by atoms with Gasteiger partial charge in [-0.15, -0.1) is 10.2 Å². The molecule has 0 unspecified atom stereocenters. The molecule has 0 atom stereocenters. The smallest absolute Gasteiger partial charge is 0.229 e. The molecule has 0 saturated heterocycles. The van der Waals surface area contributed by atoms with E-state index in [9.17, 15) is 4.79 Å². The molecule has 8 heteroatoms. The minimum absolute atomic E-state index is 0.182. The molecule has 0 aliphatic rings. The molecule has 1 aromatic carbocycles. The zero-order valence-corrected chi connectivity index (χ0v) is 12.8. The van der Waals surface area contributed by atoms with Gasteiger partial charge in [-0.25, -0.2) is 0 Å². The summed E-state index contributed by atoms with van der Waals surface area (Å²) < 4.78 is 5.42. The predicted octanol–water partition coefficient (Wildman–Crippen LogP) is 3.56. The Bertz CT molecular complexity index is 618. The van der Waals surface area contributed by atoms with E-state index in [2.05, 4.69) is 15.5 Å². The summed E-state index contributed by atoms with van der Waals surface area (Å²) in [5.41, 5.74) is 0. The van der Waals surface area contributed by atoms with Crippen molar-refractivity contribution in [3.8, 4) is 5.75 Å². The number of amides is 1. The van der Waals surface area contributed by atoms with Crippen LogP contribution in [0.15, 0.2) is 18.2 Å². The van der Waals surface area contributed by atoms with Crippen molar-refractivity contribution in [2.24, 2.45) is 0 Å². The molecule has 2 rings (SSSR count). The Morgan fingerprint density at radius 1 is 1.40 bits per heavy atom. The average molecular weight is 332 g/mol. The number of rotatable bonds is 5. The lowest BCUT2D eigenvalue weighted by atomic mass is 10.3. The van der Waals surface area contributed by atoms with E-state index < -0.39 is 0 Å². The number of ether oxygens (including phenoxy) is 1. The van der Waals surface area contributed by atoms with Gasteiger partial charge < -0.3 is 10.1 Å². The van der Waals surface area contributed by atoms with E-state index in [1.807, 2.05) is 6.92 Å². The maximum absolute atomic E-state index is 11.7. The molecule has 1 heterocycles. The Balaban J connectivity index is 1.81. The van der Waals surface area contributed by atoms with E-state index in [0.717, 1.165) is 5.01 Å². The van der Waals surface area contributed by atoms with Crippen molar-refractivity contribution in [1.29, 1.82) is 0 Å². The number of nitrogens with zero attached hydrogens (tertiary/aromatic N) is 2. The highest BCUT2D eigenvalue weighted by Crippen LogP contribution is 2.31. The highest BCUT2D eigenvalue weighted by Gasteiger charge is 2.09. The second-order valence-corrected chi connectivity index (χ2v) is 5.79. The molecule has 0 bridgehead atoms. The summed E-state index contributed by atoms with van der Waals surface area (Å²) in [5, 5.41) is 12.3. The zero-order chi connectivity index (χ0) is 14.5. The van der Waals surface area contributed by atoms with E-state index in [1.54, 1.807) is 18.2 Å². The van der Waals surface area contributed by atoms with Crippen LogP contribution in [-0.4, -0.2) is 22.7 Å². The number of benzene rings is 1. The summed E-state index contributed by atoms with van der Waals surface area (Å²) in [6, 6.07) is 5.09. The van der Waals surface area contributed by atoms with Gasteiger partial charge in [0.1, 0.15) is 15.8 Å². The topological polar surface area (TPSA) is 64.1 Å². The molecule has 1 aromatic heterocycles. The van der Waals surface area contributed by atoms with Gasteiger partial charge in [-0.1, -0.05) is 40.6 Å². The largest absolute Gasteiger partial charge is 0.491 e. The van der Waals surface area contributed by atoms with Gasteiger partial charge in [0.15, 0.2) is 0 Å². The first-order chi connectivity index (χ1) is 9.56. The summed E-state index contributed by atoms with van der Waals surface area (Å²) in [6.07, 6.45) is 0.182. The van der Waals surface area contributed by atoms with Gasteiger partial charge in [-0.3, -0.25) is 4.79 Å². The molecular formula is C12H11Cl2N3O2S. The highest BCUT2D eigenvalue weighted by molar-refractivity contribution is 7.15. The summed E-state index contributed by atoms with van der Waals surface area (Å²) in [6.45, 7) is 2.02. The van der Waals surface area contributed by atoms with Crippen molar-refractivity contribution >= 4 is 45.6 Å². The Morgan fingerprint density at radius 3 is 2.90 bits per heavy atom. The molecule has 0 spiro atoms. The van der Waals surface area contributed by atoms with Gasteiger partial charge in [0, 0.05) is 0 Å². The van der Waals surface area contributed by atoms with E-state index in [1.165, 1.54) is 11.3 Å². The Hall–Kier alpha value is -1.37. The van der Waals surface area contributed by atoms with Crippen LogP contribution in [0.2, 0.25) is 10.0 Å². The fraction of sp³-hybridized carbons (Fsp3) is 0.250. The maximum atomic E-state index is 11.7. The average Bonchev–Trinajstić information content (AvgIpc) is 2.80. The maximum Gasteiger partial charge on any atom is 0.229 e. The van der Waals surface area contributed by atoms with E-state index in [0.29, 0.717) is 20.9 Å². The van der Waals surface area contributed by atoms with Crippen molar-refractivity contribution in [3.05, 3.63) is 33.3 Å². The number of nitrogens with one attached hydrogen (secondary N) is 1. The molecule has 5 nitrogen and oxygen atoms in total. The number of hydrogen-bond donors (Lipinski definition) is 1. The fourth-order valence-corrected chi connectivity index (χ4v) is 2.33. The van der Waals surface area contributed by atoms with Crippen molar-refractivity contribution < 1.29 is 9.53 Å². The molecule has 0 radical (unpaired) electrons. The summed E-state index contributed by atoms with van der Waals surface area (Å²) in [5.74, 6) is 0.262. The zero-order valence-electron chi connectivity index (χ0n) is 10.5. The van der Waals surface area contributed by atoms with Crippen molar-refractivity contribution in [1.82, 2.24) is 10.2 Å². The van der Waals surface area contributed by atoms with Crippen molar-refractivity contribution in [3.63, 3.8) is 0 Å². The highest BCUT2D eigenvalue weighted by atomic mass is 35.5. The fourth-order valence-electron chi connectivity index (χ4n) is 1.38. The van der Waals surface area contributed by atoms with Gasteiger partial charge in [-0.05, 0) is 19.1 Å². The molecule has 106 valence electrons. The number of halogens is 2. The van der Waals surface area contributed by atoms with Crippen molar-refractivity contribution in [2.75, 3.05) is 11.9 Å². The second-order valence-electron chi connectivity index (χ2n) is 3.82. The Labute approximate surface area is 129 Å². The minimum atomic E-state index is -0.195. The number of carbonyl (C=O) groups excluding carboxylic acids is 1. The number of anilines is 1. The molecule has 20 heavy (non-hydrogen) atoms. The van der Waals surface area contributed by atoms with Crippen molar-refractivity contribution in [2.45, 2.75) is 13.3 Å². The Morgan fingerprint density at radius 2 is 2.20 bits per heavy atom. The van der Waals surface area contributed by atoms with Gasteiger partial charge >= 0.3 is 0 Å². The molecule has 2 aromatic rings. The van der Waals surface area contributed by atoms with Crippen LogP contribution < -0.4 is 10.1 Å². The van der Waals surface area contributed by atoms with Crippen LogP contribution in [0.1, 0.15) is 11.4 Å². The summed E-state index contributed by atoms with van der Waals surface area (Å²) in [7, 11) is 0. The van der Waals surface area contributed by atoms with Gasteiger partial charge in [0.05, 0.1) is 18.1 Å². The minimum Gasteiger partial charge on any atom is -0.491 e. The normalized spacial score (nSPS) is 10.3. The van der Waals surface area contributed by atoms with Gasteiger partial charge in [0.25, 0.3) is 0 Å². The van der Waals surface area contributed by atoms with Crippen LogP contribution in [0.4, 0.5) is 5.13 Å². The van der Waals surface area contributed by atoms with Crippen LogP contribution in [0.5, 0.6) is 5.75 Å². The number of carbonyl (C=O) groups is 1. The molecular weight excluding hydrogens is 321 g/mol. The summed E-state index contributed by atoms with van der Waals surface area (Å²) >= 11 is 13.1. The lowest BCUT2D eigenvalue weighted by Crippen LogP contribution is -2.15. The molecule has 0 aliphatic heterocycles. The Kier molecular flexibility index (Phi) is 5.17. The third kappa shape index (κ3) is 4.06. The van der Waals surface area contributed by atoms with Gasteiger partial charge in [-0.2, -0.15) is 0 Å².